The number of fused-ring (bicyclic) bond motifs is 1. The van der Waals surface area contributed by atoms with Gasteiger partial charge in [0.05, 0.1) is 5.69 Å². The molecule has 2 heterocycles. The van der Waals surface area contributed by atoms with Crippen LogP contribution in [0.2, 0.25) is 0 Å². The third-order valence-corrected chi connectivity index (χ3v) is 5.10. The van der Waals surface area contributed by atoms with Crippen molar-refractivity contribution in [2.24, 2.45) is 5.41 Å². The van der Waals surface area contributed by atoms with Crippen LogP contribution < -0.4 is 0 Å². The molecule has 0 spiro atoms. The first-order chi connectivity index (χ1) is 11.0. The number of nitrogens with zero attached hydrogens (tertiary/aromatic N) is 4. The summed E-state index contributed by atoms with van der Waals surface area (Å²) in [4.78, 5) is 19.1. The maximum atomic E-state index is 12.6. The molecule has 0 aliphatic carbocycles. The number of hydrogen-bond acceptors (Lipinski definition) is 3. The van der Waals surface area contributed by atoms with Crippen molar-refractivity contribution in [3.63, 3.8) is 0 Å². The van der Waals surface area contributed by atoms with Crippen LogP contribution in [-0.2, 0) is 11.2 Å². The van der Waals surface area contributed by atoms with Crippen LogP contribution in [0.1, 0.15) is 56.8 Å². The van der Waals surface area contributed by atoms with Gasteiger partial charge in [-0.25, -0.2) is 9.50 Å². The molecule has 0 aliphatic rings. The van der Waals surface area contributed by atoms with Gasteiger partial charge in [-0.3, -0.25) is 4.79 Å². The van der Waals surface area contributed by atoms with Crippen LogP contribution in [0.4, 0.5) is 0 Å². The normalized spacial score (nSPS) is 13.3. The summed E-state index contributed by atoms with van der Waals surface area (Å²) in [5.74, 6) is 0.174. The molecule has 132 valence electrons. The molecule has 2 rings (SSSR count). The highest BCUT2D eigenvalue weighted by Gasteiger charge is 2.27. The maximum Gasteiger partial charge on any atom is 0.222 e. The minimum Gasteiger partial charge on any atom is -0.343 e. The predicted octanol–water partition coefficient (Wildman–Crippen LogP) is 3.48. The van der Waals surface area contributed by atoms with Crippen molar-refractivity contribution < 1.29 is 4.79 Å². The average Bonchev–Trinajstić information content (AvgIpc) is 2.84. The van der Waals surface area contributed by atoms with Gasteiger partial charge in [0.1, 0.15) is 0 Å². The molecule has 0 aromatic carbocycles. The van der Waals surface area contributed by atoms with Crippen LogP contribution in [0.3, 0.4) is 0 Å². The molecule has 0 N–H and O–H groups in total. The Hall–Kier alpha value is -1.91. The molecule has 0 radical (unpaired) electrons. The summed E-state index contributed by atoms with van der Waals surface area (Å²) in [6.45, 7) is 14.6. The summed E-state index contributed by atoms with van der Waals surface area (Å²) in [5.41, 5.74) is 5.08. The van der Waals surface area contributed by atoms with E-state index in [9.17, 15) is 4.79 Å². The Labute approximate surface area is 145 Å². The predicted molar refractivity (Wildman–Crippen MR) is 97.2 cm³/mol. The standard InChI is InChI=1S/C19H30N4O/c1-12-11-17-20-13(2)16(14(3)23(17)21-12)9-10-18(24)22(8)15(4)19(5,6)7/h11,15H,9-10H2,1-8H3/t15-/m0/s1. The van der Waals surface area contributed by atoms with Gasteiger partial charge in [0, 0.05) is 37.0 Å². The van der Waals surface area contributed by atoms with Crippen LogP contribution in [0.15, 0.2) is 6.07 Å². The van der Waals surface area contributed by atoms with Gasteiger partial charge in [-0.15, -0.1) is 0 Å². The van der Waals surface area contributed by atoms with Gasteiger partial charge in [-0.2, -0.15) is 5.10 Å². The van der Waals surface area contributed by atoms with E-state index in [1.807, 2.05) is 36.4 Å². The van der Waals surface area contributed by atoms with E-state index < -0.39 is 0 Å². The molecule has 0 saturated carbocycles. The maximum absolute atomic E-state index is 12.6. The fourth-order valence-electron chi connectivity index (χ4n) is 3.01. The molecule has 1 atom stereocenters. The smallest absolute Gasteiger partial charge is 0.222 e. The second kappa shape index (κ2) is 6.54. The third-order valence-electron chi connectivity index (χ3n) is 5.10. The zero-order valence-electron chi connectivity index (χ0n) is 16.3. The zero-order valence-corrected chi connectivity index (χ0v) is 16.3. The third kappa shape index (κ3) is 3.60. The van der Waals surface area contributed by atoms with Crippen molar-refractivity contribution in [3.05, 3.63) is 28.7 Å². The second-order valence-corrected chi connectivity index (χ2v) is 7.86. The number of amides is 1. The van der Waals surface area contributed by atoms with Gasteiger partial charge in [0.15, 0.2) is 5.65 Å². The fourth-order valence-corrected chi connectivity index (χ4v) is 3.01. The molecule has 0 bridgehead atoms. The van der Waals surface area contributed by atoms with E-state index in [2.05, 4.69) is 44.7 Å². The molecule has 5 nitrogen and oxygen atoms in total. The highest BCUT2D eigenvalue weighted by atomic mass is 16.2. The van der Waals surface area contributed by atoms with Crippen molar-refractivity contribution >= 4 is 11.6 Å². The van der Waals surface area contributed by atoms with Crippen LogP contribution in [-0.4, -0.2) is 38.5 Å². The largest absolute Gasteiger partial charge is 0.343 e. The Kier molecular flexibility index (Phi) is 5.02. The molecule has 2 aromatic rings. The highest BCUT2D eigenvalue weighted by Crippen LogP contribution is 2.24. The Morgan fingerprint density at radius 1 is 1.29 bits per heavy atom. The van der Waals surface area contributed by atoms with E-state index in [-0.39, 0.29) is 17.4 Å². The number of aromatic nitrogens is 3. The summed E-state index contributed by atoms with van der Waals surface area (Å²) < 4.78 is 1.88. The lowest BCUT2D eigenvalue weighted by Crippen LogP contribution is -2.43. The molecule has 0 fully saturated rings. The average molecular weight is 330 g/mol. The Bertz CT molecular complexity index is 755. The topological polar surface area (TPSA) is 50.5 Å². The van der Waals surface area contributed by atoms with E-state index in [1.165, 1.54) is 0 Å². The minimum atomic E-state index is 0.0727. The van der Waals surface area contributed by atoms with Gasteiger partial charge in [-0.1, -0.05) is 20.8 Å². The van der Waals surface area contributed by atoms with Crippen LogP contribution in [0.5, 0.6) is 0 Å². The number of aryl methyl sites for hydroxylation is 3. The van der Waals surface area contributed by atoms with E-state index in [4.69, 9.17) is 0 Å². The van der Waals surface area contributed by atoms with Gasteiger partial charge in [0.2, 0.25) is 5.91 Å². The first-order valence-electron chi connectivity index (χ1n) is 8.60. The molecule has 0 aliphatic heterocycles. The molecular formula is C19H30N4O. The Balaban J connectivity index is 2.17. The lowest BCUT2D eigenvalue weighted by atomic mass is 9.87. The second-order valence-electron chi connectivity index (χ2n) is 7.86. The molecule has 0 unspecified atom stereocenters. The van der Waals surface area contributed by atoms with Crippen molar-refractivity contribution in [3.8, 4) is 0 Å². The van der Waals surface area contributed by atoms with Gasteiger partial charge < -0.3 is 4.90 Å². The Morgan fingerprint density at radius 2 is 1.92 bits per heavy atom. The summed E-state index contributed by atoms with van der Waals surface area (Å²) in [6, 6.07) is 2.18. The quantitative estimate of drug-likeness (QED) is 0.862. The van der Waals surface area contributed by atoms with E-state index in [0.29, 0.717) is 12.8 Å². The van der Waals surface area contributed by atoms with Crippen LogP contribution in [0, 0.1) is 26.2 Å². The number of carbonyl (C=O) groups is 1. The lowest BCUT2D eigenvalue weighted by Gasteiger charge is -2.35. The van der Waals surface area contributed by atoms with Gasteiger partial charge >= 0.3 is 0 Å². The zero-order chi connectivity index (χ0) is 18.2. The number of rotatable bonds is 4. The first-order valence-corrected chi connectivity index (χ1v) is 8.60. The fraction of sp³-hybridized carbons (Fsp3) is 0.632. The minimum absolute atomic E-state index is 0.0727. The molecule has 5 heteroatoms. The van der Waals surface area contributed by atoms with E-state index in [0.717, 1.165) is 28.3 Å². The summed E-state index contributed by atoms with van der Waals surface area (Å²) >= 11 is 0. The molecule has 2 aromatic heterocycles. The van der Waals surface area contributed by atoms with Crippen molar-refractivity contribution in [2.45, 2.75) is 67.3 Å². The molecule has 24 heavy (non-hydrogen) atoms. The first kappa shape index (κ1) is 18.4. The lowest BCUT2D eigenvalue weighted by molar-refractivity contribution is -0.133. The summed E-state index contributed by atoms with van der Waals surface area (Å²) in [6.07, 6.45) is 1.19. The Morgan fingerprint density at radius 3 is 2.50 bits per heavy atom. The van der Waals surface area contributed by atoms with E-state index in [1.54, 1.807) is 0 Å². The SMILES string of the molecule is Cc1cc2nc(C)c(CCC(=O)N(C)[C@@H](C)C(C)(C)C)c(C)n2n1. The van der Waals surface area contributed by atoms with Crippen molar-refractivity contribution in [1.29, 1.82) is 0 Å². The molecular weight excluding hydrogens is 300 g/mol. The monoisotopic (exact) mass is 330 g/mol. The van der Waals surface area contributed by atoms with Gasteiger partial charge in [0.25, 0.3) is 0 Å². The summed E-state index contributed by atoms with van der Waals surface area (Å²) in [5, 5.41) is 4.50. The number of hydrogen-bond donors (Lipinski definition) is 0. The highest BCUT2D eigenvalue weighted by molar-refractivity contribution is 5.76. The van der Waals surface area contributed by atoms with Gasteiger partial charge in [-0.05, 0) is 45.1 Å². The van der Waals surface area contributed by atoms with Crippen molar-refractivity contribution in [1.82, 2.24) is 19.5 Å². The molecule has 1 amide bonds. The van der Waals surface area contributed by atoms with Crippen LogP contribution in [0.25, 0.3) is 5.65 Å². The summed E-state index contributed by atoms with van der Waals surface area (Å²) in [7, 11) is 1.90. The van der Waals surface area contributed by atoms with Crippen molar-refractivity contribution in [2.75, 3.05) is 7.05 Å². The van der Waals surface area contributed by atoms with Crippen LogP contribution >= 0.6 is 0 Å². The number of carbonyl (C=O) groups excluding carboxylic acids is 1. The van der Waals surface area contributed by atoms with E-state index >= 15 is 0 Å². The molecule has 0 saturated heterocycles.